The number of rotatable bonds is 10. The van der Waals surface area contributed by atoms with Crippen molar-refractivity contribution < 1.29 is 14.2 Å². The molecule has 4 rings (SSSR count). The van der Waals surface area contributed by atoms with Crippen molar-refractivity contribution >= 4 is 23.4 Å². The second-order valence-corrected chi connectivity index (χ2v) is 8.60. The molecule has 0 aliphatic heterocycles. The highest BCUT2D eigenvalue weighted by molar-refractivity contribution is 7.99. The number of hydrogen-bond acceptors (Lipinski definition) is 6. The lowest BCUT2D eigenvalue weighted by Gasteiger charge is -2.17. The first-order valence-corrected chi connectivity index (χ1v) is 11.8. The van der Waals surface area contributed by atoms with E-state index >= 15 is 0 Å². The zero-order valence-electron chi connectivity index (χ0n) is 18.3. The van der Waals surface area contributed by atoms with Gasteiger partial charge in [-0.25, -0.2) is 0 Å². The van der Waals surface area contributed by atoms with Crippen molar-refractivity contribution in [1.29, 1.82) is 0 Å². The molecule has 0 saturated heterocycles. The molecule has 33 heavy (non-hydrogen) atoms. The summed E-state index contributed by atoms with van der Waals surface area (Å²) >= 11 is 7.51. The Labute approximate surface area is 202 Å². The number of halogens is 1. The van der Waals surface area contributed by atoms with Gasteiger partial charge in [-0.3, -0.25) is 4.57 Å². The molecule has 8 heteroatoms. The fraction of sp³-hybridized carbons (Fsp3) is 0.200. The van der Waals surface area contributed by atoms with E-state index in [1.807, 2.05) is 90.4 Å². The van der Waals surface area contributed by atoms with E-state index in [4.69, 9.17) is 25.8 Å². The summed E-state index contributed by atoms with van der Waals surface area (Å²) in [4.78, 5) is 0. The quantitative estimate of drug-likeness (QED) is 0.197. The molecule has 0 radical (unpaired) electrons. The Hall–Kier alpha value is -3.16. The smallest absolute Gasteiger partial charge is 0.196 e. The van der Waals surface area contributed by atoms with Crippen LogP contribution in [0.15, 0.2) is 84.0 Å². The van der Waals surface area contributed by atoms with E-state index in [1.54, 1.807) is 18.9 Å². The molecular formula is C25H24ClN3O3S. The first kappa shape index (κ1) is 23.0. The van der Waals surface area contributed by atoms with Crippen LogP contribution >= 0.6 is 23.4 Å². The zero-order valence-corrected chi connectivity index (χ0v) is 19.9. The lowest BCUT2D eigenvalue weighted by atomic mass is 10.3. The molecule has 0 aliphatic rings. The molecule has 1 unspecified atom stereocenters. The summed E-state index contributed by atoms with van der Waals surface area (Å²) in [6.07, 6.45) is -0.329. The number of hydrogen-bond donors (Lipinski definition) is 0. The normalized spacial score (nSPS) is 11.7. The van der Waals surface area contributed by atoms with Gasteiger partial charge in [-0.05, 0) is 55.5 Å². The maximum absolute atomic E-state index is 6.16. The number of methoxy groups -OCH3 is 1. The molecule has 0 saturated carbocycles. The van der Waals surface area contributed by atoms with Gasteiger partial charge >= 0.3 is 0 Å². The molecule has 0 amide bonds. The van der Waals surface area contributed by atoms with Crippen molar-refractivity contribution in [3.8, 4) is 22.9 Å². The Kier molecular flexibility index (Phi) is 7.75. The minimum atomic E-state index is -0.329. The van der Waals surface area contributed by atoms with Crippen molar-refractivity contribution in [3.63, 3.8) is 0 Å². The third-order valence-electron chi connectivity index (χ3n) is 4.79. The maximum atomic E-state index is 6.16. The number of nitrogens with zero attached hydrogens (tertiary/aromatic N) is 3. The van der Waals surface area contributed by atoms with Gasteiger partial charge in [0.15, 0.2) is 17.1 Å². The van der Waals surface area contributed by atoms with E-state index in [0.717, 1.165) is 22.3 Å². The highest BCUT2D eigenvalue weighted by Gasteiger charge is 2.21. The highest BCUT2D eigenvalue weighted by atomic mass is 35.5. The predicted molar refractivity (Wildman–Crippen MR) is 131 cm³/mol. The number of benzene rings is 3. The maximum Gasteiger partial charge on any atom is 0.196 e. The summed E-state index contributed by atoms with van der Waals surface area (Å²) in [6, 6.07) is 24.9. The van der Waals surface area contributed by atoms with Gasteiger partial charge in [0.2, 0.25) is 0 Å². The van der Waals surface area contributed by atoms with Crippen molar-refractivity contribution in [2.45, 2.75) is 18.2 Å². The number of aromatic nitrogens is 3. The molecule has 3 aromatic carbocycles. The summed E-state index contributed by atoms with van der Waals surface area (Å²) in [7, 11) is 1.63. The average molecular weight is 482 g/mol. The SMILES string of the molecule is COc1cccc(OC(C)c2nnc(SCCOc3ccc(Cl)cc3)n2-c2ccccc2)c1. The van der Waals surface area contributed by atoms with E-state index in [9.17, 15) is 0 Å². The fourth-order valence-corrected chi connectivity index (χ4v) is 4.11. The molecule has 0 fully saturated rings. The molecule has 6 nitrogen and oxygen atoms in total. The third-order valence-corrected chi connectivity index (χ3v) is 5.93. The van der Waals surface area contributed by atoms with E-state index in [1.165, 1.54) is 0 Å². The number of thioether (sulfide) groups is 1. The summed E-state index contributed by atoms with van der Waals surface area (Å²) in [5, 5.41) is 10.4. The summed E-state index contributed by atoms with van der Waals surface area (Å²) in [5.74, 6) is 3.64. The minimum absolute atomic E-state index is 0.329. The van der Waals surface area contributed by atoms with Crippen LogP contribution in [0, 0.1) is 0 Å². The molecule has 1 heterocycles. The fourth-order valence-electron chi connectivity index (χ4n) is 3.21. The van der Waals surface area contributed by atoms with Crippen molar-refractivity contribution in [3.05, 3.63) is 89.7 Å². The standard InChI is InChI=1S/C25H24ClN3O3S/c1-18(32-23-10-6-9-22(17-23)30-2)24-27-28-25(29(24)20-7-4-3-5-8-20)33-16-15-31-21-13-11-19(26)12-14-21/h3-14,17-18H,15-16H2,1-2H3. The van der Waals surface area contributed by atoms with Crippen LogP contribution in [0.4, 0.5) is 0 Å². The van der Waals surface area contributed by atoms with E-state index in [-0.39, 0.29) is 6.10 Å². The summed E-state index contributed by atoms with van der Waals surface area (Å²) in [5.41, 5.74) is 0.972. The van der Waals surface area contributed by atoms with E-state index in [2.05, 4.69) is 10.2 Å². The van der Waals surface area contributed by atoms with Crippen molar-refractivity contribution in [2.24, 2.45) is 0 Å². The lowest BCUT2D eigenvalue weighted by molar-refractivity contribution is 0.212. The molecule has 4 aromatic rings. The van der Waals surface area contributed by atoms with Gasteiger partial charge in [-0.2, -0.15) is 0 Å². The predicted octanol–water partition coefficient (Wildman–Crippen LogP) is 6.24. The van der Waals surface area contributed by atoms with Crippen molar-refractivity contribution in [1.82, 2.24) is 14.8 Å². The largest absolute Gasteiger partial charge is 0.497 e. The molecule has 0 N–H and O–H groups in total. The molecule has 1 atom stereocenters. The first-order chi connectivity index (χ1) is 16.1. The van der Waals surface area contributed by atoms with Crippen LogP contribution in [0.25, 0.3) is 5.69 Å². The molecule has 0 spiro atoms. The second kappa shape index (κ2) is 11.1. The van der Waals surface area contributed by atoms with Crippen LogP contribution in [-0.4, -0.2) is 34.2 Å². The average Bonchev–Trinajstić information content (AvgIpc) is 3.28. The Bertz CT molecular complexity index is 1170. The minimum Gasteiger partial charge on any atom is -0.497 e. The molecule has 0 bridgehead atoms. The molecule has 0 aliphatic carbocycles. The Balaban J connectivity index is 1.49. The van der Waals surface area contributed by atoms with Crippen LogP contribution in [0.2, 0.25) is 5.02 Å². The van der Waals surface area contributed by atoms with Crippen LogP contribution in [0.3, 0.4) is 0 Å². The zero-order chi connectivity index (χ0) is 23.0. The molecular weight excluding hydrogens is 458 g/mol. The van der Waals surface area contributed by atoms with Crippen LogP contribution in [0.5, 0.6) is 17.2 Å². The first-order valence-electron chi connectivity index (χ1n) is 10.5. The van der Waals surface area contributed by atoms with Gasteiger partial charge in [0, 0.05) is 22.5 Å². The monoisotopic (exact) mass is 481 g/mol. The topological polar surface area (TPSA) is 58.4 Å². The van der Waals surface area contributed by atoms with Crippen LogP contribution < -0.4 is 14.2 Å². The summed E-state index contributed by atoms with van der Waals surface area (Å²) in [6.45, 7) is 2.49. The molecule has 1 aromatic heterocycles. The summed E-state index contributed by atoms with van der Waals surface area (Å²) < 4.78 is 19.3. The third kappa shape index (κ3) is 6.00. The second-order valence-electron chi connectivity index (χ2n) is 7.10. The van der Waals surface area contributed by atoms with Crippen molar-refractivity contribution in [2.75, 3.05) is 19.5 Å². The van der Waals surface area contributed by atoms with Gasteiger partial charge in [-0.15, -0.1) is 10.2 Å². The Morgan fingerprint density at radius 1 is 0.909 bits per heavy atom. The van der Waals surface area contributed by atoms with Gasteiger partial charge in [0.1, 0.15) is 17.2 Å². The highest BCUT2D eigenvalue weighted by Crippen LogP contribution is 2.29. The number of para-hydroxylation sites is 1. The Morgan fingerprint density at radius 3 is 2.42 bits per heavy atom. The van der Waals surface area contributed by atoms with Gasteiger partial charge in [0.25, 0.3) is 0 Å². The number of ether oxygens (including phenoxy) is 3. The van der Waals surface area contributed by atoms with E-state index < -0.39 is 0 Å². The van der Waals surface area contributed by atoms with Gasteiger partial charge < -0.3 is 14.2 Å². The Morgan fingerprint density at radius 2 is 1.67 bits per heavy atom. The van der Waals surface area contributed by atoms with Gasteiger partial charge in [-0.1, -0.05) is 47.6 Å². The lowest BCUT2D eigenvalue weighted by Crippen LogP contribution is -2.12. The van der Waals surface area contributed by atoms with Crippen LogP contribution in [0.1, 0.15) is 18.9 Å². The van der Waals surface area contributed by atoms with E-state index in [0.29, 0.717) is 29.0 Å². The van der Waals surface area contributed by atoms with Gasteiger partial charge in [0.05, 0.1) is 13.7 Å². The van der Waals surface area contributed by atoms with Crippen LogP contribution in [-0.2, 0) is 0 Å². The molecule has 170 valence electrons.